The van der Waals surface area contributed by atoms with Crippen molar-refractivity contribution in [2.24, 2.45) is 0 Å². The summed E-state index contributed by atoms with van der Waals surface area (Å²) in [7, 11) is 0. The van der Waals surface area contributed by atoms with Gasteiger partial charge in [0.25, 0.3) is 0 Å². The number of carbonyl (C=O) groups is 2. The molecule has 0 amide bonds. The summed E-state index contributed by atoms with van der Waals surface area (Å²) in [4.78, 5) is 24.2. The lowest BCUT2D eigenvalue weighted by Crippen LogP contribution is -2.24. The minimum absolute atomic E-state index is 0.0915. The molecule has 1 unspecified atom stereocenters. The molecule has 154 valence electrons. The second kappa shape index (κ2) is 10.3. The van der Waals surface area contributed by atoms with Gasteiger partial charge >= 0.3 is 0 Å². The topological polar surface area (TPSA) is 66.4 Å². The summed E-state index contributed by atoms with van der Waals surface area (Å²) in [5, 5.41) is 11.7. The van der Waals surface area contributed by atoms with E-state index in [4.69, 9.17) is 27.9 Å². The lowest BCUT2D eigenvalue weighted by molar-refractivity contribution is -0.305. The zero-order valence-corrected chi connectivity index (χ0v) is 17.5. The standard InChI is InChI=1S/C24H20Cl2O4/c25-21-11-9-17(14-22(21)26)20(10-12-23(27)28)24(29)18-7-4-8-19(13-18)30-15-16-5-2-1-3-6-16/h1-9,11,13-14,20H,10,12,15H2,(H,27,28)/p-1. The van der Waals surface area contributed by atoms with Gasteiger partial charge in [0.2, 0.25) is 0 Å². The normalized spacial score (nSPS) is 11.7. The lowest BCUT2D eigenvalue weighted by atomic mass is 9.87. The largest absolute Gasteiger partial charge is 0.550 e. The first-order chi connectivity index (χ1) is 14.4. The molecular weight excluding hydrogens is 423 g/mol. The Morgan fingerprint density at radius 1 is 0.900 bits per heavy atom. The highest BCUT2D eigenvalue weighted by Crippen LogP contribution is 2.32. The molecule has 0 saturated carbocycles. The van der Waals surface area contributed by atoms with Crippen molar-refractivity contribution in [1.29, 1.82) is 0 Å². The molecule has 3 rings (SSSR count). The van der Waals surface area contributed by atoms with Crippen molar-refractivity contribution < 1.29 is 19.4 Å². The maximum absolute atomic E-state index is 13.2. The van der Waals surface area contributed by atoms with Crippen molar-refractivity contribution in [2.45, 2.75) is 25.4 Å². The molecule has 3 aromatic carbocycles. The fraction of sp³-hybridized carbons (Fsp3) is 0.167. The minimum Gasteiger partial charge on any atom is -0.550 e. The Morgan fingerprint density at radius 3 is 2.37 bits per heavy atom. The summed E-state index contributed by atoms with van der Waals surface area (Å²) in [5.74, 6) is -1.58. The van der Waals surface area contributed by atoms with Crippen LogP contribution in [0, 0.1) is 0 Å². The SMILES string of the molecule is O=C([O-])CCC(C(=O)c1cccc(OCc2ccccc2)c1)c1ccc(Cl)c(Cl)c1. The van der Waals surface area contributed by atoms with Gasteiger partial charge in [0.05, 0.1) is 10.0 Å². The van der Waals surface area contributed by atoms with Crippen LogP contribution in [0.25, 0.3) is 0 Å². The minimum atomic E-state index is -1.21. The number of carbonyl (C=O) groups excluding carboxylic acids is 2. The molecule has 0 aromatic heterocycles. The molecule has 6 heteroatoms. The van der Waals surface area contributed by atoms with Crippen LogP contribution >= 0.6 is 23.2 Å². The molecule has 4 nitrogen and oxygen atoms in total. The van der Waals surface area contributed by atoms with Gasteiger partial charge in [-0.05, 0) is 48.2 Å². The number of ketones is 1. The van der Waals surface area contributed by atoms with Gasteiger partial charge in [-0.15, -0.1) is 0 Å². The van der Waals surface area contributed by atoms with Gasteiger partial charge in [0.15, 0.2) is 5.78 Å². The summed E-state index contributed by atoms with van der Waals surface area (Å²) < 4.78 is 5.81. The van der Waals surface area contributed by atoms with E-state index in [0.29, 0.717) is 33.5 Å². The fourth-order valence-electron chi connectivity index (χ4n) is 3.12. The number of rotatable bonds is 9. The first kappa shape index (κ1) is 21.9. The summed E-state index contributed by atoms with van der Waals surface area (Å²) in [5.41, 5.74) is 2.04. The number of benzene rings is 3. The molecular formula is C24H19Cl2O4-. The second-order valence-corrected chi connectivity index (χ2v) is 7.62. The Morgan fingerprint density at radius 2 is 1.67 bits per heavy atom. The Labute approximate surface area is 185 Å². The molecule has 0 aliphatic rings. The van der Waals surface area contributed by atoms with Crippen LogP contribution in [0.3, 0.4) is 0 Å². The zero-order valence-electron chi connectivity index (χ0n) is 16.0. The van der Waals surface area contributed by atoms with E-state index in [1.165, 1.54) is 0 Å². The van der Waals surface area contributed by atoms with Gasteiger partial charge in [-0.3, -0.25) is 4.79 Å². The van der Waals surface area contributed by atoms with Crippen molar-refractivity contribution >= 4 is 35.0 Å². The lowest BCUT2D eigenvalue weighted by Gasteiger charge is -2.18. The third-order valence-electron chi connectivity index (χ3n) is 4.67. The highest BCUT2D eigenvalue weighted by atomic mass is 35.5. The van der Waals surface area contributed by atoms with E-state index in [0.717, 1.165) is 5.56 Å². The van der Waals surface area contributed by atoms with Gasteiger partial charge in [-0.1, -0.05) is 71.7 Å². The number of hydrogen-bond donors (Lipinski definition) is 0. The van der Waals surface area contributed by atoms with E-state index in [-0.39, 0.29) is 18.6 Å². The summed E-state index contributed by atoms with van der Waals surface area (Å²) in [6.45, 7) is 0.374. The average Bonchev–Trinajstić information content (AvgIpc) is 2.75. The number of aliphatic carboxylic acids is 1. The van der Waals surface area contributed by atoms with E-state index >= 15 is 0 Å². The summed E-state index contributed by atoms with van der Waals surface area (Å²) in [6.07, 6.45) is -0.158. The van der Waals surface area contributed by atoms with Crippen molar-refractivity contribution in [2.75, 3.05) is 0 Å². The average molecular weight is 442 g/mol. The quantitative estimate of drug-likeness (QED) is 0.434. The predicted molar refractivity (Wildman–Crippen MR) is 115 cm³/mol. The molecule has 1 atom stereocenters. The third-order valence-corrected chi connectivity index (χ3v) is 5.41. The van der Waals surface area contributed by atoms with Gasteiger partial charge in [-0.25, -0.2) is 0 Å². The van der Waals surface area contributed by atoms with Crippen molar-refractivity contribution in [3.63, 3.8) is 0 Å². The molecule has 30 heavy (non-hydrogen) atoms. The first-order valence-corrected chi connectivity index (χ1v) is 10.2. The molecule has 0 saturated heterocycles. The van der Waals surface area contributed by atoms with Crippen LogP contribution in [0.2, 0.25) is 10.0 Å². The van der Waals surface area contributed by atoms with Crippen LogP contribution < -0.4 is 9.84 Å². The Kier molecular flexibility index (Phi) is 7.50. The fourth-order valence-corrected chi connectivity index (χ4v) is 3.43. The number of hydrogen-bond acceptors (Lipinski definition) is 4. The Hall–Kier alpha value is -2.82. The molecule has 0 heterocycles. The third kappa shape index (κ3) is 5.85. The van der Waals surface area contributed by atoms with Crippen LogP contribution in [-0.2, 0) is 11.4 Å². The van der Waals surface area contributed by atoms with Crippen LogP contribution in [-0.4, -0.2) is 11.8 Å². The van der Waals surface area contributed by atoms with Gasteiger partial charge in [0, 0.05) is 17.5 Å². The van der Waals surface area contributed by atoms with E-state index in [9.17, 15) is 14.7 Å². The van der Waals surface area contributed by atoms with E-state index < -0.39 is 11.9 Å². The number of halogens is 2. The smallest absolute Gasteiger partial charge is 0.170 e. The summed E-state index contributed by atoms with van der Waals surface area (Å²) >= 11 is 12.1. The molecule has 0 fully saturated rings. The monoisotopic (exact) mass is 441 g/mol. The molecule has 0 N–H and O–H groups in total. The predicted octanol–water partition coefficient (Wildman–Crippen LogP) is 5.07. The van der Waals surface area contributed by atoms with Gasteiger partial charge in [-0.2, -0.15) is 0 Å². The van der Waals surface area contributed by atoms with Crippen molar-refractivity contribution in [3.8, 4) is 5.75 Å². The first-order valence-electron chi connectivity index (χ1n) is 9.40. The van der Waals surface area contributed by atoms with E-state index in [1.807, 2.05) is 30.3 Å². The van der Waals surface area contributed by atoms with Crippen LogP contribution in [0.5, 0.6) is 5.75 Å². The van der Waals surface area contributed by atoms with Crippen molar-refractivity contribution in [1.82, 2.24) is 0 Å². The van der Waals surface area contributed by atoms with E-state index in [2.05, 4.69) is 0 Å². The molecule has 0 radical (unpaired) electrons. The second-order valence-electron chi connectivity index (χ2n) is 6.80. The highest BCUT2D eigenvalue weighted by Gasteiger charge is 2.23. The number of carboxylic acid groups (broad SMARTS) is 1. The molecule has 0 spiro atoms. The molecule has 3 aromatic rings. The maximum Gasteiger partial charge on any atom is 0.170 e. The number of carboxylic acids is 1. The van der Waals surface area contributed by atoms with Crippen LogP contribution in [0.15, 0.2) is 72.8 Å². The van der Waals surface area contributed by atoms with Crippen LogP contribution in [0.1, 0.15) is 40.2 Å². The molecule has 0 aliphatic heterocycles. The van der Waals surface area contributed by atoms with Crippen molar-refractivity contribution in [3.05, 3.63) is 99.5 Å². The molecule has 0 bridgehead atoms. The van der Waals surface area contributed by atoms with Gasteiger partial charge in [0.1, 0.15) is 12.4 Å². The maximum atomic E-state index is 13.2. The molecule has 0 aliphatic carbocycles. The number of Topliss-reactive ketones (excluding diaryl/α,β-unsaturated/α-hetero) is 1. The van der Waals surface area contributed by atoms with Crippen LogP contribution in [0.4, 0.5) is 0 Å². The number of ether oxygens (including phenoxy) is 1. The summed E-state index contributed by atoms with van der Waals surface area (Å²) in [6, 6.07) is 21.4. The Balaban J connectivity index is 1.82. The van der Waals surface area contributed by atoms with E-state index in [1.54, 1.807) is 42.5 Å². The van der Waals surface area contributed by atoms with Gasteiger partial charge < -0.3 is 14.6 Å². The zero-order chi connectivity index (χ0) is 21.5. The Bertz CT molecular complexity index is 1030. The highest BCUT2D eigenvalue weighted by molar-refractivity contribution is 6.42.